The summed E-state index contributed by atoms with van der Waals surface area (Å²) in [6.07, 6.45) is 1.42. The van der Waals surface area contributed by atoms with Crippen LogP contribution in [0.15, 0.2) is 30.6 Å². The Hall–Kier alpha value is -2.57. The lowest BCUT2D eigenvalue weighted by molar-refractivity contribution is -0.122. The number of rotatable bonds is 5. The summed E-state index contributed by atoms with van der Waals surface area (Å²) in [5, 5.41) is 6.62. The molecule has 3 N–H and O–H groups in total. The maximum atomic E-state index is 11.7. The van der Waals surface area contributed by atoms with Crippen molar-refractivity contribution in [2.75, 3.05) is 12.8 Å². The number of anilines is 1. The lowest BCUT2D eigenvalue weighted by Gasteiger charge is -2.06. The van der Waals surface area contributed by atoms with Crippen molar-refractivity contribution in [3.63, 3.8) is 0 Å². The largest absolute Gasteiger partial charge is 0.497 e. The van der Waals surface area contributed by atoms with Crippen molar-refractivity contribution in [2.45, 2.75) is 13.1 Å². The van der Waals surface area contributed by atoms with Gasteiger partial charge >= 0.3 is 0 Å². The minimum absolute atomic E-state index is 0.0914. The number of nitrogens with one attached hydrogen (secondary N) is 1. The molecule has 7 nitrogen and oxygen atoms in total. The summed E-state index contributed by atoms with van der Waals surface area (Å²) in [6, 6.07) is 7.51. The number of hydrogen-bond acceptors (Lipinski definition) is 5. The summed E-state index contributed by atoms with van der Waals surface area (Å²) in [4.78, 5) is 15.4. The second-order valence-corrected chi connectivity index (χ2v) is 3.93. The first kappa shape index (κ1) is 12.9. The summed E-state index contributed by atoms with van der Waals surface area (Å²) in [6.45, 7) is 0.522. The molecule has 1 heterocycles. The van der Waals surface area contributed by atoms with Gasteiger partial charge in [-0.2, -0.15) is 0 Å². The third-order valence-electron chi connectivity index (χ3n) is 2.48. The smallest absolute Gasteiger partial charge is 0.242 e. The van der Waals surface area contributed by atoms with E-state index >= 15 is 0 Å². The van der Waals surface area contributed by atoms with Crippen LogP contribution >= 0.6 is 0 Å². The molecule has 2 aromatic rings. The molecule has 1 aromatic carbocycles. The van der Waals surface area contributed by atoms with Crippen LogP contribution in [0.25, 0.3) is 0 Å². The Bertz CT molecular complexity index is 567. The van der Waals surface area contributed by atoms with E-state index in [0.29, 0.717) is 6.54 Å². The standard InChI is InChI=1S/C12H15N5O2/c1-19-10-4-2-3-9(5-10)6-14-11(18)7-17-8-15-12(13)16-17/h2-5,8H,6-7H2,1H3,(H2,13,16)(H,14,18). The molecular weight excluding hydrogens is 246 g/mol. The minimum atomic E-state index is -0.160. The first-order valence-corrected chi connectivity index (χ1v) is 5.72. The van der Waals surface area contributed by atoms with Crippen molar-refractivity contribution < 1.29 is 9.53 Å². The van der Waals surface area contributed by atoms with E-state index in [-0.39, 0.29) is 18.4 Å². The molecule has 2 rings (SSSR count). The first-order chi connectivity index (χ1) is 9.17. The minimum Gasteiger partial charge on any atom is -0.497 e. The second kappa shape index (κ2) is 5.85. The second-order valence-electron chi connectivity index (χ2n) is 3.93. The number of carbonyl (C=O) groups is 1. The van der Waals surface area contributed by atoms with Gasteiger partial charge in [-0.25, -0.2) is 9.67 Å². The number of methoxy groups -OCH3 is 1. The average molecular weight is 261 g/mol. The number of nitrogen functional groups attached to an aromatic ring is 1. The third-order valence-corrected chi connectivity index (χ3v) is 2.48. The van der Waals surface area contributed by atoms with Gasteiger partial charge in [-0.05, 0) is 17.7 Å². The molecule has 0 atom stereocenters. The predicted molar refractivity (Wildman–Crippen MR) is 69.3 cm³/mol. The Labute approximate surface area is 110 Å². The van der Waals surface area contributed by atoms with E-state index in [9.17, 15) is 4.79 Å². The van der Waals surface area contributed by atoms with Crippen LogP contribution < -0.4 is 15.8 Å². The summed E-state index contributed by atoms with van der Waals surface area (Å²) in [5.74, 6) is 0.754. The topological polar surface area (TPSA) is 95.1 Å². The van der Waals surface area contributed by atoms with Gasteiger partial charge in [0.15, 0.2) is 0 Å². The van der Waals surface area contributed by atoms with Crippen LogP contribution in [0, 0.1) is 0 Å². The molecule has 0 aliphatic carbocycles. The lowest BCUT2D eigenvalue weighted by atomic mass is 10.2. The number of amides is 1. The van der Waals surface area contributed by atoms with Gasteiger partial charge in [0.2, 0.25) is 11.9 Å². The molecule has 0 unspecified atom stereocenters. The maximum Gasteiger partial charge on any atom is 0.242 e. The summed E-state index contributed by atoms with van der Waals surface area (Å²) >= 11 is 0. The Kier molecular flexibility index (Phi) is 3.97. The molecule has 0 aliphatic rings. The van der Waals surface area contributed by atoms with Crippen LogP contribution in [0.4, 0.5) is 5.95 Å². The first-order valence-electron chi connectivity index (χ1n) is 5.72. The summed E-state index contributed by atoms with van der Waals surface area (Å²) in [7, 11) is 1.60. The van der Waals surface area contributed by atoms with Crippen molar-refractivity contribution in [3.8, 4) is 5.75 Å². The molecule has 1 amide bonds. The van der Waals surface area contributed by atoms with Crippen LogP contribution in [0.2, 0.25) is 0 Å². The summed E-state index contributed by atoms with van der Waals surface area (Å²) < 4.78 is 6.50. The molecule has 7 heteroatoms. The fourth-order valence-electron chi connectivity index (χ4n) is 1.57. The van der Waals surface area contributed by atoms with Gasteiger partial charge in [0.1, 0.15) is 18.6 Å². The van der Waals surface area contributed by atoms with Crippen LogP contribution in [-0.4, -0.2) is 27.8 Å². The Morgan fingerprint density at radius 2 is 2.37 bits per heavy atom. The molecule has 0 bridgehead atoms. The highest BCUT2D eigenvalue weighted by Gasteiger charge is 2.04. The lowest BCUT2D eigenvalue weighted by Crippen LogP contribution is -2.27. The molecule has 0 radical (unpaired) electrons. The van der Waals surface area contributed by atoms with E-state index < -0.39 is 0 Å². The number of ether oxygens (including phenoxy) is 1. The number of benzene rings is 1. The van der Waals surface area contributed by atoms with Crippen LogP contribution in [0.1, 0.15) is 5.56 Å². The molecule has 100 valence electrons. The van der Waals surface area contributed by atoms with Crippen molar-refractivity contribution in [1.29, 1.82) is 0 Å². The van der Waals surface area contributed by atoms with Gasteiger partial charge in [-0.3, -0.25) is 4.79 Å². The van der Waals surface area contributed by atoms with Crippen LogP contribution in [0.3, 0.4) is 0 Å². The van der Waals surface area contributed by atoms with Gasteiger partial charge in [0.25, 0.3) is 0 Å². The monoisotopic (exact) mass is 261 g/mol. The Morgan fingerprint density at radius 1 is 1.53 bits per heavy atom. The molecular formula is C12H15N5O2. The summed E-state index contributed by atoms with van der Waals surface area (Å²) in [5.41, 5.74) is 6.33. The van der Waals surface area contributed by atoms with E-state index in [1.54, 1.807) is 7.11 Å². The van der Waals surface area contributed by atoms with E-state index in [2.05, 4.69) is 15.4 Å². The molecule has 0 fully saturated rings. The molecule has 1 aromatic heterocycles. The zero-order valence-electron chi connectivity index (χ0n) is 10.5. The van der Waals surface area contributed by atoms with Crippen LogP contribution in [0.5, 0.6) is 5.75 Å². The average Bonchev–Trinajstić information content (AvgIpc) is 2.82. The highest BCUT2D eigenvalue weighted by atomic mass is 16.5. The van der Waals surface area contributed by atoms with Crippen LogP contribution in [-0.2, 0) is 17.9 Å². The maximum absolute atomic E-state index is 11.7. The van der Waals surface area contributed by atoms with E-state index in [4.69, 9.17) is 10.5 Å². The highest BCUT2D eigenvalue weighted by Crippen LogP contribution is 2.11. The fraction of sp³-hybridized carbons (Fsp3) is 0.250. The molecule has 0 saturated carbocycles. The predicted octanol–water partition coefficient (Wildman–Crippen LogP) is 0.185. The molecule has 0 saturated heterocycles. The fourth-order valence-corrected chi connectivity index (χ4v) is 1.57. The quantitative estimate of drug-likeness (QED) is 0.800. The van der Waals surface area contributed by atoms with E-state index in [0.717, 1.165) is 11.3 Å². The van der Waals surface area contributed by atoms with Crippen molar-refractivity contribution in [1.82, 2.24) is 20.1 Å². The third kappa shape index (κ3) is 3.70. The van der Waals surface area contributed by atoms with Gasteiger partial charge in [-0.15, -0.1) is 5.10 Å². The van der Waals surface area contributed by atoms with Gasteiger partial charge < -0.3 is 15.8 Å². The van der Waals surface area contributed by atoms with E-state index in [1.165, 1.54) is 11.0 Å². The number of nitrogens with two attached hydrogens (primary N) is 1. The van der Waals surface area contributed by atoms with Gasteiger partial charge in [0, 0.05) is 6.54 Å². The van der Waals surface area contributed by atoms with Crippen molar-refractivity contribution in [3.05, 3.63) is 36.2 Å². The van der Waals surface area contributed by atoms with Crippen molar-refractivity contribution in [2.24, 2.45) is 0 Å². The highest BCUT2D eigenvalue weighted by molar-refractivity contribution is 5.75. The zero-order valence-corrected chi connectivity index (χ0v) is 10.5. The Balaban J connectivity index is 1.86. The molecule has 19 heavy (non-hydrogen) atoms. The van der Waals surface area contributed by atoms with Gasteiger partial charge in [-0.1, -0.05) is 12.1 Å². The number of aromatic nitrogens is 3. The van der Waals surface area contributed by atoms with Gasteiger partial charge in [0.05, 0.1) is 7.11 Å². The van der Waals surface area contributed by atoms with Crippen molar-refractivity contribution >= 4 is 11.9 Å². The molecule has 0 aliphatic heterocycles. The van der Waals surface area contributed by atoms with E-state index in [1.807, 2.05) is 24.3 Å². The zero-order chi connectivity index (χ0) is 13.7. The number of nitrogens with zero attached hydrogens (tertiary/aromatic N) is 3. The SMILES string of the molecule is COc1cccc(CNC(=O)Cn2cnc(N)n2)c1. The Morgan fingerprint density at radius 3 is 3.05 bits per heavy atom. The number of carbonyl (C=O) groups excluding carboxylic acids is 1. The number of hydrogen-bond donors (Lipinski definition) is 2. The normalized spacial score (nSPS) is 10.2. The molecule has 0 spiro atoms.